The maximum Gasteiger partial charge on any atom is 0.122 e. The average molecular weight is 267 g/mol. The number of likely N-dealkylation sites (N-methyl/N-ethyl adjacent to an activating group) is 1. The summed E-state index contributed by atoms with van der Waals surface area (Å²) in [7, 11) is 2.04. The van der Waals surface area contributed by atoms with Crippen LogP contribution in [0.5, 0.6) is 5.75 Å². The number of aryl methyl sites for hydroxylation is 1. The molecule has 2 nitrogen and oxygen atoms in total. The molecule has 3 rings (SSSR count). The quantitative estimate of drug-likeness (QED) is 0.917. The second-order valence-corrected chi connectivity index (χ2v) is 5.54. The molecular formula is C18H21NO. The molecule has 1 aliphatic rings. The van der Waals surface area contributed by atoms with Crippen LogP contribution in [-0.4, -0.2) is 19.7 Å². The second-order valence-electron chi connectivity index (χ2n) is 5.54. The van der Waals surface area contributed by atoms with Crippen molar-refractivity contribution in [1.82, 2.24) is 5.32 Å². The smallest absolute Gasteiger partial charge is 0.122 e. The van der Waals surface area contributed by atoms with Crippen molar-refractivity contribution in [1.29, 1.82) is 0 Å². The van der Waals surface area contributed by atoms with Crippen LogP contribution in [0.3, 0.4) is 0 Å². The molecule has 1 N–H and O–H groups in total. The Morgan fingerprint density at radius 3 is 2.85 bits per heavy atom. The van der Waals surface area contributed by atoms with Gasteiger partial charge in [-0.2, -0.15) is 0 Å². The molecule has 20 heavy (non-hydrogen) atoms. The van der Waals surface area contributed by atoms with Crippen LogP contribution in [0.1, 0.15) is 22.6 Å². The number of hydrogen-bond acceptors (Lipinski definition) is 2. The number of ether oxygens (including phenoxy) is 1. The molecule has 2 heteroatoms. The van der Waals surface area contributed by atoms with Gasteiger partial charge in [-0.05, 0) is 32.0 Å². The van der Waals surface area contributed by atoms with Gasteiger partial charge in [-0.15, -0.1) is 0 Å². The second kappa shape index (κ2) is 5.68. The molecule has 0 amide bonds. The van der Waals surface area contributed by atoms with Gasteiger partial charge in [0.15, 0.2) is 0 Å². The molecule has 0 fully saturated rings. The van der Waals surface area contributed by atoms with E-state index in [1.54, 1.807) is 0 Å². The van der Waals surface area contributed by atoms with Crippen LogP contribution in [0.25, 0.3) is 0 Å². The lowest BCUT2D eigenvalue weighted by Gasteiger charge is -2.22. The first-order valence-electron chi connectivity index (χ1n) is 7.22. The Labute approximate surface area is 120 Å². The Morgan fingerprint density at radius 1 is 1.20 bits per heavy atom. The molecule has 0 saturated heterocycles. The highest BCUT2D eigenvalue weighted by atomic mass is 16.5. The first-order chi connectivity index (χ1) is 9.78. The van der Waals surface area contributed by atoms with Crippen LogP contribution in [-0.2, 0) is 6.42 Å². The zero-order valence-corrected chi connectivity index (χ0v) is 12.1. The highest BCUT2D eigenvalue weighted by Crippen LogP contribution is 2.36. The van der Waals surface area contributed by atoms with Crippen LogP contribution in [0.2, 0.25) is 0 Å². The molecule has 0 spiro atoms. The summed E-state index contributed by atoms with van der Waals surface area (Å²) in [4.78, 5) is 0. The summed E-state index contributed by atoms with van der Waals surface area (Å²) in [6.07, 6.45) is 1.03. The average Bonchev–Trinajstić information content (AvgIpc) is 2.89. The Hall–Kier alpha value is -1.80. The third kappa shape index (κ3) is 2.56. The molecule has 2 aromatic rings. The zero-order valence-electron chi connectivity index (χ0n) is 12.1. The highest BCUT2D eigenvalue weighted by Gasteiger charge is 2.30. The first-order valence-corrected chi connectivity index (χ1v) is 7.22. The minimum Gasteiger partial charge on any atom is -0.493 e. The van der Waals surface area contributed by atoms with Gasteiger partial charge in [0, 0.05) is 17.5 Å². The Morgan fingerprint density at radius 2 is 2.05 bits per heavy atom. The fourth-order valence-electron chi connectivity index (χ4n) is 3.06. The van der Waals surface area contributed by atoms with Crippen molar-refractivity contribution < 1.29 is 4.74 Å². The van der Waals surface area contributed by atoms with E-state index < -0.39 is 0 Å². The SMILES string of the molecule is CNC(Cc1cccc(C)c1)C1COc2ccccc21. The van der Waals surface area contributed by atoms with Gasteiger partial charge in [0.05, 0.1) is 6.61 Å². The zero-order chi connectivity index (χ0) is 13.9. The van der Waals surface area contributed by atoms with E-state index in [1.807, 2.05) is 13.1 Å². The van der Waals surface area contributed by atoms with E-state index in [0.29, 0.717) is 12.0 Å². The molecule has 1 heterocycles. The maximum atomic E-state index is 5.82. The maximum absolute atomic E-state index is 5.82. The van der Waals surface area contributed by atoms with Crippen LogP contribution in [0.4, 0.5) is 0 Å². The summed E-state index contributed by atoms with van der Waals surface area (Å²) in [6.45, 7) is 2.92. The summed E-state index contributed by atoms with van der Waals surface area (Å²) < 4.78 is 5.82. The number of para-hydroxylation sites is 1. The van der Waals surface area contributed by atoms with Crippen molar-refractivity contribution in [3.63, 3.8) is 0 Å². The largest absolute Gasteiger partial charge is 0.493 e. The van der Waals surface area contributed by atoms with Crippen LogP contribution >= 0.6 is 0 Å². The normalized spacial score (nSPS) is 18.4. The van der Waals surface area contributed by atoms with Crippen LogP contribution < -0.4 is 10.1 Å². The number of benzene rings is 2. The van der Waals surface area contributed by atoms with Crippen molar-refractivity contribution >= 4 is 0 Å². The van der Waals surface area contributed by atoms with Gasteiger partial charge in [-0.3, -0.25) is 0 Å². The van der Waals surface area contributed by atoms with Crippen molar-refractivity contribution in [2.75, 3.05) is 13.7 Å². The van der Waals surface area contributed by atoms with Gasteiger partial charge < -0.3 is 10.1 Å². The van der Waals surface area contributed by atoms with E-state index in [4.69, 9.17) is 4.74 Å². The molecule has 104 valence electrons. The van der Waals surface area contributed by atoms with E-state index in [1.165, 1.54) is 16.7 Å². The van der Waals surface area contributed by atoms with E-state index in [9.17, 15) is 0 Å². The van der Waals surface area contributed by atoms with E-state index in [2.05, 4.69) is 54.7 Å². The van der Waals surface area contributed by atoms with Crippen molar-refractivity contribution in [3.05, 3.63) is 65.2 Å². The number of rotatable bonds is 4. The predicted molar refractivity (Wildman–Crippen MR) is 82.4 cm³/mol. The number of nitrogens with one attached hydrogen (secondary N) is 1. The highest BCUT2D eigenvalue weighted by molar-refractivity contribution is 5.41. The fourth-order valence-corrected chi connectivity index (χ4v) is 3.06. The fraction of sp³-hybridized carbons (Fsp3) is 0.333. The Bertz CT molecular complexity index is 593. The van der Waals surface area contributed by atoms with Crippen molar-refractivity contribution in [2.45, 2.75) is 25.3 Å². The minimum atomic E-state index is 0.403. The number of hydrogen-bond donors (Lipinski definition) is 1. The minimum absolute atomic E-state index is 0.403. The van der Waals surface area contributed by atoms with Gasteiger partial charge in [0.25, 0.3) is 0 Å². The summed E-state index contributed by atoms with van der Waals surface area (Å²) in [5.41, 5.74) is 4.04. The third-order valence-electron chi connectivity index (χ3n) is 4.13. The van der Waals surface area contributed by atoms with Crippen molar-refractivity contribution in [3.8, 4) is 5.75 Å². The van der Waals surface area contributed by atoms with E-state index >= 15 is 0 Å². The monoisotopic (exact) mass is 267 g/mol. The van der Waals surface area contributed by atoms with Gasteiger partial charge in [0.1, 0.15) is 5.75 Å². The lowest BCUT2D eigenvalue weighted by atomic mass is 9.89. The van der Waals surface area contributed by atoms with Crippen LogP contribution in [0, 0.1) is 6.92 Å². The number of fused-ring (bicyclic) bond motifs is 1. The summed E-state index contributed by atoms with van der Waals surface area (Å²) in [5, 5.41) is 3.47. The van der Waals surface area contributed by atoms with E-state index in [0.717, 1.165) is 18.8 Å². The molecule has 2 unspecified atom stereocenters. The summed E-state index contributed by atoms with van der Waals surface area (Å²) in [5.74, 6) is 1.47. The first kappa shape index (κ1) is 13.2. The molecule has 0 bridgehead atoms. The summed E-state index contributed by atoms with van der Waals surface area (Å²) in [6, 6.07) is 17.5. The van der Waals surface area contributed by atoms with Gasteiger partial charge in [-0.25, -0.2) is 0 Å². The third-order valence-corrected chi connectivity index (χ3v) is 4.13. The van der Waals surface area contributed by atoms with Gasteiger partial charge in [-0.1, -0.05) is 48.0 Å². The topological polar surface area (TPSA) is 21.3 Å². The Kier molecular flexibility index (Phi) is 3.75. The molecule has 0 radical (unpaired) electrons. The lowest BCUT2D eigenvalue weighted by molar-refractivity contribution is 0.302. The molecule has 0 saturated carbocycles. The summed E-state index contributed by atoms with van der Waals surface area (Å²) >= 11 is 0. The predicted octanol–water partition coefficient (Wildman–Crippen LogP) is 3.30. The Balaban J connectivity index is 1.81. The molecule has 1 aliphatic heterocycles. The van der Waals surface area contributed by atoms with Crippen molar-refractivity contribution in [2.24, 2.45) is 0 Å². The molecule has 0 aliphatic carbocycles. The molecule has 2 aromatic carbocycles. The molecule has 0 aromatic heterocycles. The van der Waals surface area contributed by atoms with Crippen LogP contribution in [0.15, 0.2) is 48.5 Å². The standard InChI is InChI=1S/C18H21NO/c1-13-6-5-7-14(10-13)11-17(19-2)16-12-20-18-9-4-3-8-15(16)18/h3-10,16-17,19H,11-12H2,1-2H3. The van der Waals surface area contributed by atoms with Gasteiger partial charge >= 0.3 is 0 Å². The molecule has 2 atom stereocenters. The van der Waals surface area contributed by atoms with E-state index in [-0.39, 0.29) is 0 Å². The lowest BCUT2D eigenvalue weighted by Crippen LogP contribution is -2.35. The van der Waals surface area contributed by atoms with Gasteiger partial charge in [0.2, 0.25) is 0 Å². The molecular weight excluding hydrogens is 246 g/mol.